The van der Waals surface area contributed by atoms with Crippen molar-refractivity contribution >= 4 is 0 Å². The Hall–Kier alpha value is -0.200. The zero-order chi connectivity index (χ0) is 11.6. The van der Waals surface area contributed by atoms with E-state index in [-0.39, 0.29) is 12.2 Å². The van der Waals surface area contributed by atoms with Crippen LogP contribution < -0.4 is 0 Å². The molecule has 15 heavy (non-hydrogen) atoms. The number of aliphatic hydroxyl groups excluding tert-OH is 2. The molecule has 1 fully saturated rings. The number of nitrogens with zero attached hydrogens (tertiary/aromatic N) is 2. The topological polar surface area (TPSA) is 56.2 Å². The SMILES string of the molecule is CN(C)CC1OC(CN(C)C)C(O)C1O. The highest BCUT2D eigenvalue weighted by Crippen LogP contribution is 2.22. The van der Waals surface area contributed by atoms with Gasteiger partial charge in [0.05, 0.1) is 12.2 Å². The van der Waals surface area contributed by atoms with Gasteiger partial charge in [-0.15, -0.1) is 0 Å². The van der Waals surface area contributed by atoms with Gasteiger partial charge in [0.2, 0.25) is 0 Å². The van der Waals surface area contributed by atoms with E-state index >= 15 is 0 Å². The van der Waals surface area contributed by atoms with Crippen LogP contribution in [0, 0.1) is 0 Å². The molecule has 1 heterocycles. The van der Waals surface area contributed by atoms with E-state index < -0.39 is 12.2 Å². The third-order valence-electron chi connectivity index (χ3n) is 2.55. The van der Waals surface area contributed by atoms with Crippen LogP contribution in [0.2, 0.25) is 0 Å². The van der Waals surface area contributed by atoms with E-state index in [2.05, 4.69) is 0 Å². The third-order valence-corrected chi connectivity index (χ3v) is 2.55. The standard InChI is InChI=1S/C10H22N2O3/c1-11(2)5-7-9(13)10(14)8(15-7)6-12(3)4/h7-10,13-14H,5-6H2,1-4H3. The number of aliphatic hydroxyl groups is 2. The van der Waals surface area contributed by atoms with E-state index in [0.29, 0.717) is 13.1 Å². The molecule has 0 bridgehead atoms. The van der Waals surface area contributed by atoms with E-state index in [4.69, 9.17) is 4.74 Å². The summed E-state index contributed by atoms with van der Waals surface area (Å²) in [5.41, 5.74) is 0. The van der Waals surface area contributed by atoms with Crippen molar-refractivity contribution in [3.8, 4) is 0 Å². The first kappa shape index (κ1) is 12.9. The fourth-order valence-corrected chi connectivity index (χ4v) is 1.85. The minimum Gasteiger partial charge on any atom is -0.388 e. The minimum atomic E-state index is -0.780. The van der Waals surface area contributed by atoms with Crippen molar-refractivity contribution in [1.29, 1.82) is 0 Å². The molecule has 0 aliphatic carbocycles. The molecule has 0 aromatic rings. The molecule has 5 heteroatoms. The molecule has 0 aromatic heterocycles. The van der Waals surface area contributed by atoms with E-state index in [1.165, 1.54) is 0 Å². The second kappa shape index (κ2) is 5.23. The van der Waals surface area contributed by atoms with Crippen LogP contribution in [0.3, 0.4) is 0 Å². The molecule has 0 radical (unpaired) electrons. The Morgan fingerprint density at radius 2 is 1.20 bits per heavy atom. The van der Waals surface area contributed by atoms with Crippen molar-refractivity contribution in [3.63, 3.8) is 0 Å². The summed E-state index contributed by atoms with van der Waals surface area (Å²) in [6, 6.07) is 0. The monoisotopic (exact) mass is 218 g/mol. The molecule has 5 nitrogen and oxygen atoms in total. The van der Waals surface area contributed by atoms with Crippen molar-refractivity contribution in [2.75, 3.05) is 41.3 Å². The lowest BCUT2D eigenvalue weighted by Crippen LogP contribution is -2.39. The average molecular weight is 218 g/mol. The zero-order valence-electron chi connectivity index (χ0n) is 9.92. The maximum absolute atomic E-state index is 9.77. The van der Waals surface area contributed by atoms with Crippen molar-refractivity contribution in [2.45, 2.75) is 24.4 Å². The largest absolute Gasteiger partial charge is 0.388 e. The summed E-state index contributed by atoms with van der Waals surface area (Å²) in [4.78, 5) is 3.89. The second-order valence-corrected chi connectivity index (χ2v) is 4.72. The highest BCUT2D eigenvalue weighted by atomic mass is 16.5. The van der Waals surface area contributed by atoms with Crippen LogP contribution >= 0.6 is 0 Å². The van der Waals surface area contributed by atoms with Gasteiger partial charge in [-0.2, -0.15) is 0 Å². The van der Waals surface area contributed by atoms with Gasteiger partial charge >= 0.3 is 0 Å². The van der Waals surface area contributed by atoms with Crippen LogP contribution in [0.5, 0.6) is 0 Å². The van der Waals surface area contributed by atoms with Crippen LogP contribution in [0.15, 0.2) is 0 Å². The van der Waals surface area contributed by atoms with Gasteiger partial charge in [0.15, 0.2) is 0 Å². The van der Waals surface area contributed by atoms with E-state index in [1.54, 1.807) is 0 Å². The lowest BCUT2D eigenvalue weighted by Gasteiger charge is -2.19. The Morgan fingerprint density at radius 1 is 0.867 bits per heavy atom. The minimum absolute atomic E-state index is 0.292. The molecule has 4 unspecified atom stereocenters. The third kappa shape index (κ3) is 3.39. The summed E-state index contributed by atoms with van der Waals surface area (Å²) in [6.07, 6.45) is -2.14. The van der Waals surface area contributed by atoms with Gasteiger partial charge in [0.1, 0.15) is 12.2 Å². The summed E-state index contributed by atoms with van der Waals surface area (Å²) >= 11 is 0. The molecule has 0 aromatic carbocycles. The van der Waals surface area contributed by atoms with Gasteiger partial charge in [-0.25, -0.2) is 0 Å². The maximum atomic E-state index is 9.77. The molecular formula is C10H22N2O3. The van der Waals surface area contributed by atoms with Gasteiger partial charge in [-0.3, -0.25) is 0 Å². The normalized spacial score (nSPS) is 36.8. The molecule has 0 spiro atoms. The lowest BCUT2D eigenvalue weighted by molar-refractivity contribution is -0.0126. The first-order chi connectivity index (χ1) is 6.91. The van der Waals surface area contributed by atoms with Gasteiger partial charge in [0, 0.05) is 13.1 Å². The molecule has 90 valence electrons. The Bertz CT molecular complexity index is 179. The van der Waals surface area contributed by atoms with Gasteiger partial charge in [-0.1, -0.05) is 0 Å². The molecule has 1 rings (SSSR count). The van der Waals surface area contributed by atoms with Crippen LogP contribution in [-0.4, -0.2) is 85.7 Å². The molecule has 0 amide bonds. The molecular weight excluding hydrogens is 196 g/mol. The van der Waals surface area contributed by atoms with Crippen molar-refractivity contribution in [1.82, 2.24) is 9.80 Å². The number of likely N-dealkylation sites (N-methyl/N-ethyl adjacent to an activating group) is 2. The molecule has 4 atom stereocenters. The molecule has 1 aliphatic rings. The van der Waals surface area contributed by atoms with Crippen LogP contribution in [0.1, 0.15) is 0 Å². The predicted octanol–water partition coefficient (Wildman–Crippen LogP) is -1.40. The molecule has 2 N–H and O–H groups in total. The smallest absolute Gasteiger partial charge is 0.110 e. The Kier molecular flexibility index (Phi) is 4.48. The van der Waals surface area contributed by atoms with Crippen molar-refractivity contribution in [2.24, 2.45) is 0 Å². The molecule has 0 saturated carbocycles. The van der Waals surface area contributed by atoms with Crippen LogP contribution in [-0.2, 0) is 4.74 Å². The highest BCUT2D eigenvalue weighted by molar-refractivity contribution is 4.92. The predicted molar refractivity (Wildman–Crippen MR) is 57.8 cm³/mol. The van der Waals surface area contributed by atoms with Gasteiger partial charge < -0.3 is 24.7 Å². The second-order valence-electron chi connectivity index (χ2n) is 4.72. The Labute approximate surface area is 91.2 Å². The lowest BCUT2D eigenvalue weighted by atomic mass is 10.1. The fraction of sp³-hybridized carbons (Fsp3) is 1.00. The fourth-order valence-electron chi connectivity index (χ4n) is 1.85. The quantitative estimate of drug-likeness (QED) is 0.608. The van der Waals surface area contributed by atoms with E-state index in [0.717, 1.165) is 0 Å². The summed E-state index contributed by atoms with van der Waals surface area (Å²) in [5.74, 6) is 0. The number of rotatable bonds is 4. The van der Waals surface area contributed by atoms with Crippen LogP contribution in [0.25, 0.3) is 0 Å². The number of hydrogen-bond donors (Lipinski definition) is 2. The highest BCUT2D eigenvalue weighted by Gasteiger charge is 2.42. The zero-order valence-corrected chi connectivity index (χ0v) is 9.92. The number of ether oxygens (including phenoxy) is 1. The summed E-state index contributed by atoms with van der Waals surface area (Å²) in [6.45, 7) is 1.25. The van der Waals surface area contributed by atoms with E-state index in [9.17, 15) is 10.2 Å². The summed E-state index contributed by atoms with van der Waals surface area (Å²) in [5, 5.41) is 19.5. The average Bonchev–Trinajstić information content (AvgIpc) is 2.32. The molecule has 1 saturated heterocycles. The first-order valence-electron chi connectivity index (χ1n) is 5.23. The summed E-state index contributed by atoms with van der Waals surface area (Å²) in [7, 11) is 7.67. The Balaban J connectivity index is 2.51. The maximum Gasteiger partial charge on any atom is 0.110 e. The number of hydrogen-bond acceptors (Lipinski definition) is 5. The van der Waals surface area contributed by atoms with E-state index in [1.807, 2.05) is 38.0 Å². The Morgan fingerprint density at radius 3 is 1.47 bits per heavy atom. The van der Waals surface area contributed by atoms with Gasteiger partial charge in [-0.05, 0) is 28.2 Å². The summed E-state index contributed by atoms with van der Waals surface area (Å²) < 4.78 is 5.62. The van der Waals surface area contributed by atoms with Crippen molar-refractivity contribution in [3.05, 3.63) is 0 Å². The van der Waals surface area contributed by atoms with Gasteiger partial charge in [0.25, 0.3) is 0 Å². The van der Waals surface area contributed by atoms with Crippen LogP contribution in [0.4, 0.5) is 0 Å². The van der Waals surface area contributed by atoms with Crippen molar-refractivity contribution < 1.29 is 14.9 Å². The first-order valence-corrected chi connectivity index (χ1v) is 5.23. The molecule has 1 aliphatic heterocycles.